The molecule has 0 spiro atoms. The summed E-state index contributed by atoms with van der Waals surface area (Å²) in [6.07, 6.45) is 1.84. The second kappa shape index (κ2) is 7.09. The molecule has 8 heteroatoms. The van der Waals surface area contributed by atoms with Crippen LogP contribution in [0.15, 0.2) is 12.2 Å². The Bertz CT molecular complexity index is 645. The summed E-state index contributed by atoms with van der Waals surface area (Å²) in [4.78, 5) is 46.4. The molecular weight excluding hydrogens is 342 g/mol. The Morgan fingerprint density at radius 2 is 2.15 bits per heavy atom. The van der Waals surface area contributed by atoms with Crippen LogP contribution in [0.5, 0.6) is 0 Å². The van der Waals surface area contributed by atoms with Crippen molar-refractivity contribution in [1.82, 2.24) is 5.32 Å². The van der Waals surface area contributed by atoms with Gasteiger partial charge in [-0.25, -0.2) is 0 Å². The van der Waals surface area contributed by atoms with Crippen LogP contribution in [0.4, 0.5) is 0 Å². The molecule has 3 rings (SSSR count). The smallest absolute Gasteiger partial charge is 0.312 e. The third-order valence-corrected chi connectivity index (χ3v) is 5.48. The van der Waals surface area contributed by atoms with Crippen LogP contribution in [-0.2, 0) is 33.4 Å². The zero-order valence-corrected chi connectivity index (χ0v) is 14.7. The van der Waals surface area contributed by atoms with Crippen LogP contribution in [0.25, 0.3) is 0 Å². The lowest BCUT2D eigenvalue weighted by Crippen LogP contribution is -2.50. The van der Waals surface area contributed by atoms with Gasteiger partial charge in [0.05, 0.1) is 11.8 Å². The van der Waals surface area contributed by atoms with Crippen LogP contribution in [0.1, 0.15) is 39.0 Å². The fraction of sp³-hybridized carbons (Fsp3) is 0.667. The highest BCUT2D eigenvalue weighted by molar-refractivity contribution is 5.92. The Kier molecular flexibility index (Phi) is 5.02. The zero-order chi connectivity index (χ0) is 18.9. The van der Waals surface area contributed by atoms with Crippen molar-refractivity contribution in [2.24, 2.45) is 17.8 Å². The van der Waals surface area contributed by atoms with E-state index >= 15 is 0 Å². The summed E-state index contributed by atoms with van der Waals surface area (Å²) >= 11 is 0. The van der Waals surface area contributed by atoms with Gasteiger partial charge in [0.15, 0.2) is 6.10 Å². The van der Waals surface area contributed by atoms with E-state index in [4.69, 9.17) is 14.2 Å². The number of unbranched alkanes of at least 4 members (excludes halogenated alkanes) is 1. The molecule has 5 unspecified atom stereocenters. The number of carbonyl (C=O) groups is 4. The Morgan fingerprint density at radius 3 is 2.85 bits per heavy atom. The minimum atomic E-state index is -1.45. The number of amides is 1. The monoisotopic (exact) mass is 365 g/mol. The number of esters is 2. The number of ether oxygens (including phenoxy) is 3. The minimum absolute atomic E-state index is 0.0322. The fourth-order valence-corrected chi connectivity index (χ4v) is 4.32. The summed E-state index contributed by atoms with van der Waals surface area (Å²) in [5.74, 6) is -3.01. The van der Waals surface area contributed by atoms with Crippen LogP contribution in [-0.4, -0.2) is 42.8 Å². The summed E-state index contributed by atoms with van der Waals surface area (Å²) in [5, 5.41) is 2.69. The van der Waals surface area contributed by atoms with Crippen LogP contribution < -0.4 is 5.32 Å². The molecule has 1 amide bonds. The van der Waals surface area contributed by atoms with Gasteiger partial charge in [0, 0.05) is 24.5 Å². The van der Waals surface area contributed by atoms with E-state index in [2.05, 4.69) is 11.9 Å². The molecule has 1 saturated heterocycles. The third kappa shape index (κ3) is 3.08. The van der Waals surface area contributed by atoms with Crippen molar-refractivity contribution < 1.29 is 33.4 Å². The fourth-order valence-electron chi connectivity index (χ4n) is 4.32. The second-order valence-corrected chi connectivity index (χ2v) is 7.20. The average Bonchev–Trinajstić information content (AvgIpc) is 3.18. The van der Waals surface area contributed by atoms with Crippen molar-refractivity contribution in [2.45, 2.75) is 50.9 Å². The molecule has 2 aliphatic carbocycles. The lowest BCUT2D eigenvalue weighted by Gasteiger charge is -2.34. The third-order valence-electron chi connectivity index (χ3n) is 5.48. The Labute approximate surface area is 151 Å². The maximum Gasteiger partial charge on any atom is 0.312 e. The van der Waals surface area contributed by atoms with Gasteiger partial charge in [-0.2, -0.15) is 0 Å². The molecule has 5 atom stereocenters. The van der Waals surface area contributed by atoms with Gasteiger partial charge in [-0.05, 0) is 32.6 Å². The first-order chi connectivity index (χ1) is 12.4. The molecule has 0 aromatic carbocycles. The number of carbonyl (C=O) groups excluding carboxylic acids is 4. The first-order valence-corrected chi connectivity index (χ1v) is 8.86. The lowest BCUT2D eigenvalue weighted by molar-refractivity contribution is -0.252. The van der Waals surface area contributed by atoms with Crippen molar-refractivity contribution in [3.05, 3.63) is 12.2 Å². The van der Waals surface area contributed by atoms with Crippen molar-refractivity contribution in [3.8, 4) is 0 Å². The highest BCUT2D eigenvalue weighted by Gasteiger charge is 2.74. The lowest BCUT2D eigenvalue weighted by atomic mass is 9.85. The second-order valence-electron chi connectivity index (χ2n) is 7.20. The average molecular weight is 365 g/mol. The molecule has 8 nitrogen and oxygen atoms in total. The van der Waals surface area contributed by atoms with E-state index in [-0.39, 0.29) is 42.5 Å². The van der Waals surface area contributed by atoms with Gasteiger partial charge in [0.1, 0.15) is 0 Å². The summed E-state index contributed by atoms with van der Waals surface area (Å²) in [7, 11) is 0. The van der Waals surface area contributed by atoms with E-state index in [0.717, 1.165) is 0 Å². The number of rotatable bonds is 9. The summed E-state index contributed by atoms with van der Waals surface area (Å²) in [6.45, 7) is 5.87. The van der Waals surface area contributed by atoms with Crippen molar-refractivity contribution in [3.63, 3.8) is 0 Å². The molecule has 3 aliphatic rings. The molecule has 26 heavy (non-hydrogen) atoms. The molecule has 3 fully saturated rings. The first-order valence-electron chi connectivity index (χ1n) is 8.86. The summed E-state index contributed by atoms with van der Waals surface area (Å²) in [6, 6.07) is 0. The van der Waals surface area contributed by atoms with Gasteiger partial charge in [0.2, 0.25) is 5.91 Å². The van der Waals surface area contributed by atoms with Crippen molar-refractivity contribution >= 4 is 24.3 Å². The zero-order valence-electron chi connectivity index (χ0n) is 14.7. The number of hydrogen-bond acceptors (Lipinski definition) is 7. The summed E-state index contributed by atoms with van der Waals surface area (Å²) < 4.78 is 16.0. The molecule has 142 valence electrons. The van der Waals surface area contributed by atoms with Gasteiger partial charge in [-0.3, -0.25) is 19.2 Å². The normalized spacial score (nSPS) is 33.5. The van der Waals surface area contributed by atoms with E-state index < -0.39 is 17.9 Å². The van der Waals surface area contributed by atoms with Gasteiger partial charge >= 0.3 is 11.9 Å². The molecule has 0 aromatic heterocycles. The Morgan fingerprint density at radius 1 is 1.38 bits per heavy atom. The van der Waals surface area contributed by atoms with Crippen LogP contribution in [0.3, 0.4) is 0 Å². The van der Waals surface area contributed by atoms with Crippen LogP contribution in [0.2, 0.25) is 0 Å². The maximum atomic E-state index is 12.2. The van der Waals surface area contributed by atoms with Gasteiger partial charge < -0.3 is 19.5 Å². The number of nitrogens with one attached hydrogen (secondary N) is 1. The van der Waals surface area contributed by atoms with Gasteiger partial charge in [-0.15, -0.1) is 0 Å². The predicted octanol–water partition coefficient (Wildman–Crippen LogP) is 0.843. The van der Waals surface area contributed by atoms with Gasteiger partial charge in [-0.1, -0.05) is 6.58 Å². The molecular formula is C18H23NO7. The van der Waals surface area contributed by atoms with E-state index in [1.165, 1.54) is 0 Å². The predicted molar refractivity (Wildman–Crippen MR) is 87.2 cm³/mol. The van der Waals surface area contributed by atoms with E-state index in [1.807, 2.05) is 0 Å². The molecule has 1 aliphatic heterocycles. The van der Waals surface area contributed by atoms with Crippen LogP contribution in [0, 0.1) is 17.8 Å². The SMILES string of the molecule is C=C(C)C(=O)NCCCCC(=O)OC1C2CC3C(=O)OC1(OC=O)C3C2. The maximum absolute atomic E-state index is 12.2. The highest BCUT2D eigenvalue weighted by Crippen LogP contribution is 2.61. The van der Waals surface area contributed by atoms with E-state index in [1.54, 1.807) is 6.92 Å². The Hall–Kier alpha value is -2.38. The highest BCUT2D eigenvalue weighted by atomic mass is 16.8. The van der Waals surface area contributed by atoms with Crippen molar-refractivity contribution in [1.29, 1.82) is 0 Å². The largest absolute Gasteiger partial charge is 0.454 e. The van der Waals surface area contributed by atoms with E-state index in [9.17, 15) is 19.2 Å². The standard InChI is InChI=1S/C18H23NO7/c1-10(2)16(22)19-6-4-3-5-14(21)25-15-11-7-12-13(8-11)18(15,24-9-20)26-17(12)23/h9,11-13,15H,1,3-8H2,2H3,(H,19,22). The van der Waals surface area contributed by atoms with E-state index in [0.29, 0.717) is 37.8 Å². The molecule has 2 bridgehead atoms. The minimum Gasteiger partial charge on any atom is -0.454 e. The first kappa shape index (κ1) is 18.4. The van der Waals surface area contributed by atoms with Crippen molar-refractivity contribution in [2.75, 3.05) is 6.54 Å². The topological polar surface area (TPSA) is 108 Å². The molecule has 0 radical (unpaired) electrons. The molecule has 1 N–H and O–H groups in total. The number of hydrogen-bond donors (Lipinski definition) is 1. The summed E-state index contributed by atoms with van der Waals surface area (Å²) in [5.41, 5.74) is 0.436. The quantitative estimate of drug-likeness (QED) is 0.279. The number of fused-ring (bicyclic) bond motifs is 1. The molecule has 2 saturated carbocycles. The Balaban J connectivity index is 1.48. The molecule has 0 aromatic rings. The van der Waals surface area contributed by atoms with Gasteiger partial charge in [0.25, 0.3) is 12.3 Å². The molecule has 1 heterocycles. The van der Waals surface area contributed by atoms with Crippen LogP contribution >= 0.6 is 0 Å².